The Morgan fingerprint density at radius 1 is 0.619 bits per heavy atom. The van der Waals surface area contributed by atoms with E-state index in [9.17, 15) is 0 Å². The second kappa shape index (κ2) is 7.80. The monoisotopic (exact) mass is 282 g/mol. The molecule has 0 radical (unpaired) electrons. The van der Waals surface area contributed by atoms with Crippen LogP contribution in [0.1, 0.15) is 11.1 Å². The molecule has 0 aliphatic carbocycles. The van der Waals surface area contributed by atoms with Gasteiger partial charge in [-0.1, -0.05) is 24.3 Å². The fourth-order valence-corrected chi connectivity index (χ4v) is 1.71. The van der Waals surface area contributed by atoms with Crippen LogP contribution >= 0.6 is 0 Å². The van der Waals surface area contributed by atoms with Crippen LogP contribution in [0.4, 0.5) is 0 Å². The molecule has 2 aromatic rings. The highest BCUT2D eigenvalue weighted by Crippen LogP contribution is 2.13. The Kier molecular flexibility index (Phi) is 5.47. The number of hydrogen-bond donors (Lipinski definition) is 0. The largest absolute Gasteiger partial charge is 0.497 e. The van der Waals surface area contributed by atoms with Crippen molar-refractivity contribution in [2.24, 2.45) is 0 Å². The summed E-state index contributed by atoms with van der Waals surface area (Å²) in [5.41, 5.74) is 2.10. The molecular weight excluding hydrogens is 264 g/mol. The number of methoxy groups -OCH3 is 2. The summed E-state index contributed by atoms with van der Waals surface area (Å²) in [6, 6.07) is 15.5. The highest BCUT2D eigenvalue weighted by atomic mass is 16.5. The van der Waals surface area contributed by atoms with E-state index in [1.807, 2.05) is 60.7 Å². The molecule has 0 saturated carbocycles. The molecule has 0 aromatic heterocycles. The molecule has 3 nitrogen and oxygen atoms in total. The molecule has 2 rings (SSSR count). The third-order valence-corrected chi connectivity index (χ3v) is 2.91. The van der Waals surface area contributed by atoms with Crippen LogP contribution in [0.3, 0.4) is 0 Å². The van der Waals surface area contributed by atoms with Crippen molar-refractivity contribution in [1.82, 2.24) is 0 Å². The zero-order valence-corrected chi connectivity index (χ0v) is 12.2. The first-order chi connectivity index (χ1) is 10.3. The van der Waals surface area contributed by atoms with E-state index >= 15 is 0 Å². The fourth-order valence-electron chi connectivity index (χ4n) is 1.71. The van der Waals surface area contributed by atoms with Gasteiger partial charge in [-0.2, -0.15) is 0 Å². The lowest BCUT2D eigenvalue weighted by molar-refractivity contribution is 0.409. The summed E-state index contributed by atoms with van der Waals surface area (Å²) in [5, 5.41) is 0. The van der Waals surface area contributed by atoms with E-state index in [1.54, 1.807) is 26.7 Å². The summed E-state index contributed by atoms with van der Waals surface area (Å²) in [6.45, 7) is 0. The van der Waals surface area contributed by atoms with E-state index in [0.717, 1.165) is 22.6 Å². The van der Waals surface area contributed by atoms with Crippen molar-refractivity contribution >= 4 is 12.2 Å². The van der Waals surface area contributed by atoms with Gasteiger partial charge < -0.3 is 14.2 Å². The second-order valence-electron chi connectivity index (χ2n) is 4.29. The third kappa shape index (κ3) is 4.73. The summed E-state index contributed by atoms with van der Waals surface area (Å²) < 4.78 is 15.5. The molecule has 21 heavy (non-hydrogen) atoms. The predicted octanol–water partition coefficient (Wildman–Crippen LogP) is 4.36. The van der Waals surface area contributed by atoms with E-state index < -0.39 is 0 Å². The molecule has 0 spiro atoms. The maximum absolute atomic E-state index is 5.33. The highest BCUT2D eigenvalue weighted by molar-refractivity contribution is 5.51. The summed E-state index contributed by atoms with van der Waals surface area (Å²) in [4.78, 5) is 0. The number of rotatable bonds is 6. The quantitative estimate of drug-likeness (QED) is 0.737. The summed E-state index contributed by atoms with van der Waals surface area (Å²) in [7, 11) is 3.30. The van der Waals surface area contributed by atoms with Gasteiger partial charge in [-0.05, 0) is 47.5 Å². The normalized spacial score (nSPS) is 11.0. The molecule has 0 N–H and O–H groups in total. The molecule has 0 heterocycles. The predicted molar refractivity (Wildman–Crippen MR) is 85.1 cm³/mol. The Hall–Kier alpha value is -2.68. The molecular formula is C18H18O3. The van der Waals surface area contributed by atoms with Crippen LogP contribution in [0.5, 0.6) is 11.5 Å². The van der Waals surface area contributed by atoms with Crippen molar-refractivity contribution in [1.29, 1.82) is 0 Å². The average molecular weight is 282 g/mol. The van der Waals surface area contributed by atoms with Gasteiger partial charge in [0.05, 0.1) is 26.7 Å². The first-order valence-electron chi connectivity index (χ1n) is 6.58. The zero-order chi connectivity index (χ0) is 14.9. The smallest absolute Gasteiger partial charge is 0.118 e. The van der Waals surface area contributed by atoms with Crippen LogP contribution in [0.25, 0.3) is 12.2 Å². The minimum atomic E-state index is 0.840. The Morgan fingerprint density at radius 2 is 1.00 bits per heavy atom. The van der Waals surface area contributed by atoms with Gasteiger partial charge in [-0.15, -0.1) is 0 Å². The molecule has 0 unspecified atom stereocenters. The Balaban J connectivity index is 1.84. The van der Waals surface area contributed by atoms with Crippen molar-refractivity contribution in [2.75, 3.05) is 14.2 Å². The van der Waals surface area contributed by atoms with Crippen molar-refractivity contribution in [3.8, 4) is 11.5 Å². The summed E-state index contributed by atoms with van der Waals surface area (Å²) in [5.74, 6) is 1.68. The molecule has 0 aliphatic rings. The first kappa shape index (κ1) is 14.7. The van der Waals surface area contributed by atoms with Gasteiger partial charge in [-0.25, -0.2) is 0 Å². The van der Waals surface area contributed by atoms with Crippen molar-refractivity contribution in [3.05, 3.63) is 72.2 Å². The number of hydrogen-bond acceptors (Lipinski definition) is 3. The van der Waals surface area contributed by atoms with Crippen molar-refractivity contribution < 1.29 is 14.2 Å². The molecule has 0 bridgehead atoms. The third-order valence-electron chi connectivity index (χ3n) is 2.91. The number of ether oxygens (including phenoxy) is 3. The highest BCUT2D eigenvalue weighted by Gasteiger charge is 1.90. The lowest BCUT2D eigenvalue weighted by Gasteiger charge is -1.99. The van der Waals surface area contributed by atoms with Gasteiger partial charge in [0, 0.05) is 0 Å². The van der Waals surface area contributed by atoms with Crippen LogP contribution in [-0.4, -0.2) is 14.2 Å². The van der Waals surface area contributed by atoms with Crippen LogP contribution in [0, 0.1) is 0 Å². The molecule has 0 atom stereocenters. The fraction of sp³-hybridized carbons (Fsp3) is 0.111. The molecule has 3 heteroatoms. The molecule has 0 amide bonds. The Bertz CT molecular complexity index is 540. The van der Waals surface area contributed by atoms with Gasteiger partial charge >= 0.3 is 0 Å². The SMILES string of the molecule is COc1ccc(C=COC=Cc2ccc(OC)cc2)cc1. The van der Waals surface area contributed by atoms with E-state index in [-0.39, 0.29) is 0 Å². The van der Waals surface area contributed by atoms with Gasteiger partial charge in [0.15, 0.2) is 0 Å². The maximum atomic E-state index is 5.33. The van der Waals surface area contributed by atoms with Gasteiger partial charge in [-0.3, -0.25) is 0 Å². The Morgan fingerprint density at radius 3 is 1.33 bits per heavy atom. The summed E-state index contributed by atoms with van der Waals surface area (Å²) >= 11 is 0. The molecule has 0 aliphatic heterocycles. The zero-order valence-electron chi connectivity index (χ0n) is 12.2. The molecule has 108 valence electrons. The first-order valence-corrected chi connectivity index (χ1v) is 6.58. The van der Waals surface area contributed by atoms with Crippen molar-refractivity contribution in [2.45, 2.75) is 0 Å². The van der Waals surface area contributed by atoms with Gasteiger partial charge in [0.1, 0.15) is 11.5 Å². The van der Waals surface area contributed by atoms with Crippen LogP contribution in [0.15, 0.2) is 61.1 Å². The molecule has 2 aromatic carbocycles. The van der Waals surface area contributed by atoms with E-state index in [1.165, 1.54) is 0 Å². The Labute approximate surface area is 125 Å². The van der Waals surface area contributed by atoms with Gasteiger partial charge in [0.2, 0.25) is 0 Å². The molecule has 0 saturated heterocycles. The van der Waals surface area contributed by atoms with E-state index in [0.29, 0.717) is 0 Å². The van der Waals surface area contributed by atoms with E-state index in [2.05, 4.69) is 0 Å². The average Bonchev–Trinajstić information content (AvgIpc) is 2.55. The van der Waals surface area contributed by atoms with Crippen LogP contribution < -0.4 is 9.47 Å². The second-order valence-corrected chi connectivity index (χ2v) is 4.29. The van der Waals surface area contributed by atoms with Crippen LogP contribution in [-0.2, 0) is 4.74 Å². The maximum Gasteiger partial charge on any atom is 0.118 e. The van der Waals surface area contributed by atoms with Crippen molar-refractivity contribution in [3.63, 3.8) is 0 Å². The topological polar surface area (TPSA) is 27.7 Å². The minimum absolute atomic E-state index is 0.840. The lowest BCUT2D eigenvalue weighted by Crippen LogP contribution is -1.81. The molecule has 0 fully saturated rings. The van der Waals surface area contributed by atoms with Gasteiger partial charge in [0.25, 0.3) is 0 Å². The summed E-state index contributed by atoms with van der Waals surface area (Å²) in [6.07, 6.45) is 7.05. The van der Waals surface area contributed by atoms with Crippen LogP contribution in [0.2, 0.25) is 0 Å². The lowest BCUT2D eigenvalue weighted by atomic mass is 10.2. The van der Waals surface area contributed by atoms with E-state index in [4.69, 9.17) is 14.2 Å². The minimum Gasteiger partial charge on any atom is -0.497 e. The standard InChI is InChI=1S/C18H18O3/c1-19-17-7-3-15(4-8-17)11-13-21-14-12-16-5-9-18(20-2)10-6-16/h3-14H,1-2H3. The number of benzene rings is 2.